The van der Waals surface area contributed by atoms with Crippen molar-refractivity contribution in [3.05, 3.63) is 34.6 Å². The van der Waals surface area contributed by atoms with E-state index in [-0.39, 0.29) is 34.1 Å². The minimum atomic E-state index is -0.380. The van der Waals surface area contributed by atoms with Gasteiger partial charge in [-0.2, -0.15) is 5.26 Å². The predicted octanol–water partition coefficient (Wildman–Crippen LogP) is 4.09. The zero-order valence-electron chi connectivity index (χ0n) is 15.0. The van der Waals surface area contributed by atoms with E-state index in [9.17, 15) is 9.65 Å². The number of hydrogen-bond acceptors (Lipinski definition) is 3. The molecule has 25 heavy (non-hydrogen) atoms. The van der Waals surface area contributed by atoms with E-state index >= 15 is 0 Å². The maximum absolute atomic E-state index is 14.4. The molecule has 0 bridgehead atoms. The summed E-state index contributed by atoms with van der Waals surface area (Å²) in [6, 6.07) is 7.63. The third-order valence-corrected chi connectivity index (χ3v) is 6.48. The van der Waals surface area contributed by atoms with Crippen molar-refractivity contribution in [3.63, 3.8) is 0 Å². The van der Waals surface area contributed by atoms with Crippen LogP contribution in [0, 0.1) is 34.4 Å². The van der Waals surface area contributed by atoms with Crippen molar-refractivity contribution in [2.24, 2.45) is 17.3 Å². The molecule has 2 fully saturated rings. The average Bonchev–Trinajstić information content (AvgIpc) is 3.00. The Labute approximate surface area is 154 Å². The molecule has 3 rings (SSSR count). The number of nitrogens with one attached hydrogen (secondary N) is 2. The molecular formula is C20H27ClFN3. The molecule has 0 aliphatic carbocycles. The number of halogens is 2. The SMILES string of the molecule is CC(C)(CC1NCC(c2cccc(Cl)c2F)C1C#N)C1CCNCC1. The number of piperidine rings is 1. The van der Waals surface area contributed by atoms with Crippen LogP contribution in [0.15, 0.2) is 18.2 Å². The highest BCUT2D eigenvalue weighted by molar-refractivity contribution is 6.30. The molecule has 1 aromatic carbocycles. The monoisotopic (exact) mass is 363 g/mol. The maximum atomic E-state index is 14.4. The van der Waals surface area contributed by atoms with Crippen LogP contribution in [0.25, 0.3) is 0 Å². The van der Waals surface area contributed by atoms with E-state index in [1.165, 1.54) is 12.8 Å². The number of nitrogens with zero attached hydrogens (tertiary/aromatic N) is 1. The third kappa shape index (κ3) is 3.84. The lowest BCUT2D eigenvalue weighted by atomic mass is 9.68. The summed E-state index contributed by atoms with van der Waals surface area (Å²) in [6.45, 7) is 7.40. The summed E-state index contributed by atoms with van der Waals surface area (Å²) < 4.78 is 14.4. The molecule has 3 atom stereocenters. The fourth-order valence-electron chi connectivity index (χ4n) is 4.64. The molecule has 0 saturated carbocycles. The first-order valence-corrected chi connectivity index (χ1v) is 9.59. The summed E-state index contributed by atoms with van der Waals surface area (Å²) in [6.07, 6.45) is 3.31. The molecule has 3 nitrogen and oxygen atoms in total. The Hall–Kier alpha value is -1.15. The molecule has 0 radical (unpaired) electrons. The van der Waals surface area contributed by atoms with Gasteiger partial charge < -0.3 is 10.6 Å². The van der Waals surface area contributed by atoms with Gasteiger partial charge in [0.2, 0.25) is 0 Å². The summed E-state index contributed by atoms with van der Waals surface area (Å²) in [7, 11) is 0. The van der Waals surface area contributed by atoms with E-state index in [1.807, 2.05) is 0 Å². The first-order valence-electron chi connectivity index (χ1n) is 9.21. The summed E-state index contributed by atoms with van der Waals surface area (Å²) in [4.78, 5) is 0. The lowest BCUT2D eigenvalue weighted by Gasteiger charge is -2.39. The number of rotatable bonds is 4. The van der Waals surface area contributed by atoms with Crippen LogP contribution in [0.3, 0.4) is 0 Å². The van der Waals surface area contributed by atoms with Gasteiger partial charge in [0.15, 0.2) is 0 Å². The van der Waals surface area contributed by atoms with Gasteiger partial charge in [-0.25, -0.2) is 4.39 Å². The average molecular weight is 364 g/mol. The van der Waals surface area contributed by atoms with Crippen molar-refractivity contribution >= 4 is 11.6 Å². The first-order chi connectivity index (χ1) is 11.9. The topological polar surface area (TPSA) is 47.9 Å². The van der Waals surface area contributed by atoms with Gasteiger partial charge in [-0.05, 0) is 55.3 Å². The zero-order chi connectivity index (χ0) is 18.0. The van der Waals surface area contributed by atoms with E-state index < -0.39 is 0 Å². The second-order valence-corrected chi connectivity index (χ2v) is 8.54. The Bertz CT molecular complexity index is 649. The molecule has 2 saturated heterocycles. The molecule has 1 aromatic rings. The van der Waals surface area contributed by atoms with Crippen molar-refractivity contribution < 1.29 is 4.39 Å². The molecule has 0 amide bonds. The second-order valence-electron chi connectivity index (χ2n) is 8.14. The van der Waals surface area contributed by atoms with Gasteiger partial charge in [-0.15, -0.1) is 0 Å². The molecule has 136 valence electrons. The number of benzene rings is 1. The predicted molar refractivity (Wildman–Crippen MR) is 99.0 cm³/mol. The quantitative estimate of drug-likeness (QED) is 0.847. The van der Waals surface area contributed by atoms with Crippen LogP contribution in [0.4, 0.5) is 4.39 Å². The highest BCUT2D eigenvalue weighted by Crippen LogP contribution is 2.43. The van der Waals surface area contributed by atoms with Gasteiger partial charge in [-0.1, -0.05) is 37.6 Å². The molecular weight excluding hydrogens is 337 g/mol. The van der Waals surface area contributed by atoms with E-state index in [4.69, 9.17) is 11.6 Å². The van der Waals surface area contributed by atoms with Crippen molar-refractivity contribution in [2.75, 3.05) is 19.6 Å². The minimum absolute atomic E-state index is 0.0956. The van der Waals surface area contributed by atoms with Crippen LogP contribution in [-0.2, 0) is 0 Å². The molecule has 2 N–H and O–H groups in total. The van der Waals surface area contributed by atoms with Crippen LogP contribution in [0.2, 0.25) is 5.02 Å². The van der Waals surface area contributed by atoms with Gasteiger partial charge in [0.05, 0.1) is 17.0 Å². The zero-order valence-corrected chi connectivity index (χ0v) is 15.7. The van der Waals surface area contributed by atoms with Crippen molar-refractivity contribution in [2.45, 2.75) is 45.1 Å². The Morgan fingerprint density at radius 2 is 2.04 bits per heavy atom. The normalized spacial score (nSPS) is 28.0. The smallest absolute Gasteiger partial charge is 0.145 e. The highest BCUT2D eigenvalue weighted by atomic mass is 35.5. The first kappa shape index (κ1) is 18.6. The largest absolute Gasteiger partial charge is 0.317 e. The molecule has 3 unspecified atom stereocenters. The number of hydrogen-bond donors (Lipinski definition) is 2. The molecule has 5 heteroatoms. The fraction of sp³-hybridized carbons (Fsp3) is 0.650. The van der Waals surface area contributed by atoms with Crippen LogP contribution in [0.1, 0.15) is 44.6 Å². The highest BCUT2D eigenvalue weighted by Gasteiger charge is 2.42. The third-order valence-electron chi connectivity index (χ3n) is 6.19. The second kappa shape index (κ2) is 7.61. The van der Waals surface area contributed by atoms with Crippen LogP contribution >= 0.6 is 11.6 Å². The summed E-state index contributed by atoms with van der Waals surface area (Å²) in [5.41, 5.74) is 0.727. The van der Waals surface area contributed by atoms with Crippen molar-refractivity contribution in [1.82, 2.24) is 10.6 Å². The number of nitriles is 1. The van der Waals surface area contributed by atoms with Gasteiger partial charge in [0.1, 0.15) is 5.82 Å². The Morgan fingerprint density at radius 1 is 1.32 bits per heavy atom. The van der Waals surface area contributed by atoms with E-state index in [1.54, 1.807) is 18.2 Å². The van der Waals surface area contributed by atoms with Gasteiger partial charge in [-0.3, -0.25) is 0 Å². The van der Waals surface area contributed by atoms with Crippen LogP contribution in [0.5, 0.6) is 0 Å². The molecule has 2 aliphatic rings. The van der Waals surface area contributed by atoms with Crippen molar-refractivity contribution in [1.29, 1.82) is 5.26 Å². The Morgan fingerprint density at radius 3 is 2.72 bits per heavy atom. The lowest BCUT2D eigenvalue weighted by molar-refractivity contribution is 0.134. The van der Waals surface area contributed by atoms with Crippen molar-refractivity contribution in [3.8, 4) is 6.07 Å². The van der Waals surface area contributed by atoms with E-state index in [0.29, 0.717) is 18.0 Å². The van der Waals surface area contributed by atoms with Gasteiger partial charge in [0, 0.05) is 18.5 Å². The summed E-state index contributed by atoms with van der Waals surface area (Å²) in [5, 5.41) is 16.8. The standard InChI is InChI=1S/C20H27ClFN3/c1-20(2,13-6-8-24-9-7-13)10-18-15(11-23)16(12-25-18)14-4-3-5-17(21)19(14)22/h3-5,13,15-16,18,24-25H,6-10,12H2,1-2H3. The van der Waals surface area contributed by atoms with Crippen LogP contribution < -0.4 is 10.6 Å². The lowest BCUT2D eigenvalue weighted by Crippen LogP contribution is -2.40. The molecule has 0 aromatic heterocycles. The molecule has 2 heterocycles. The Kier molecular flexibility index (Phi) is 5.68. The fourth-order valence-corrected chi connectivity index (χ4v) is 4.82. The van der Waals surface area contributed by atoms with Gasteiger partial charge >= 0.3 is 0 Å². The minimum Gasteiger partial charge on any atom is -0.317 e. The van der Waals surface area contributed by atoms with E-state index in [2.05, 4.69) is 30.6 Å². The van der Waals surface area contributed by atoms with E-state index in [0.717, 1.165) is 19.5 Å². The summed E-state index contributed by atoms with van der Waals surface area (Å²) in [5.74, 6) is -0.0854. The van der Waals surface area contributed by atoms with Gasteiger partial charge in [0.25, 0.3) is 0 Å². The summed E-state index contributed by atoms with van der Waals surface area (Å²) >= 11 is 5.94. The Balaban J connectivity index is 1.75. The molecule has 0 spiro atoms. The molecule has 2 aliphatic heterocycles. The maximum Gasteiger partial charge on any atom is 0.145 e. The van der Waals surface area contributed by atoms with Crippen LogP contribution in [-0.4, -0.2) is 25.7 Å².